The Morgan fingerprint density at radius 2 is 2.00 bits per heavy atom. The van der Waals surface area contributed by atoms with Gasteiger partial charge < -0.3 is 5.73 Å². The number of benzene rings is 1. The van der Waals surface area contributed by atoms with Crippen LogP contribution in [-0.2, 0) is 19.0 Å². The number of aromatic nitrogens is 2. The highest BCUT2D eigenvalue weighted by molar-refractivity contribution is 5.83. The molecule has 1 aromatic heterocycles. The predicted molar refractivity (Wildman–Crippen MR) is 67.3 cm³/mol. The summed E-state index contributed by atoms with van der Waals surface area (Å²) in [5.74, 6) is 0. The van der Waals surface area contributed by atoms with Gasteiger partial charge in [0.15, 0.2) is 0 Å². The van der Waals surface area contributed by atoms with Crippen molar-refractivity contribution in [3.05, 3.63) is 29.5 Å². The van der Waals surface area contributed by atoms with Crippen molar-refractivity contribution in [1.29, 1.82) is 0 Å². The molecule has 0 bridgehead atoms. The molecule has 0 unspecified atom stereocenters. The first-order valence-electron chi connectivity index (χ1n) is 5.59. The van der Waals surface area contributed by atoms with E-state index in [2.05, 4.69) is 44.1 Å². The third kappa shape index (κ3) is 1.71. The molecule has 3 heteroatoms. The van der Waals surface area contributed by atoms with Crippen LogP contribution in [0, 0.1) is 0 Å². The first-order chi connectivity index (χ1) is 7.43. The fourth-order valence-electron chi connectivity index (χ4n) is 1.98. The van der Waals surface area contributed by atoms with E-state index in [9.17, 15) is 0 Å². The van der Waals surface area contributed by atoms with E-state index in [1.807, 2.05) is 11.7 Å². The lowest BCUT2D eigenvalue weighted by atomic mass is 9.90. The Morgan fingerprint density at radius 3 is 2.56 bits per heavy atom. The number of rotatable bonds is 1. The lowest BCUT2D eigenvalue weighted by Gasteiger charge is -2.15. The minimum Gasteiger partial charge on any atom is -0.326 e. The summed E-state index contributed by atoms with van der Waals surface area (Å²) >= 11 is 0. The normalized spacial score (nSPS) is 12.3. The number of hydrogen-bond acceptors (Lipinski definition) is 2. The zero-order chi connectivity index (χ0) is 11.9. The second-order valence-corrected chi connectivity index (χ2v) is 5.28. The third-order valence-corrected chi connectivity index (χ3v) is 2.86. The Bertz CT molecular complexity index is 518. The van der Waals surface area contributed by atoms with Crippen molar-refractivity contribution in [2.45, 2.75) is 32.7 Å². The van der Waals surface area contributed by atoms with Crippen LogP contribution in [0.15, 0.2) is 18.2 Å². The maximum absolute atomic E-state index is 5.65. The Kier molecular flexibility index (Phi) is 2.50. The molecule has 2 aromatic rings. The maximum Gasteiger partial charge on any atom is 0.0756 e. The third-order valence-electron chi connectivity index (χ3n) is 2.86. The Hall–Kier alpha value is -1.35. The van der Waals surface area contributed by atoms with Crippen LogP contribution >= 0.6 is 0 Å². The molecule has 0 aliphatic rings. The summed E-state index contributed by atoms with van der Waals surface area (Å²) in [4.78, 5) is 0. The summed E-state index contributed by atoms with van der Waals surface area (Å²) in [6.07, 6.45) is 0. The second kappa shape index (κ2) is 3.59. The lowest BCUT2D eigenvalue weighted by molar-refractivity contribution is 0.558. The van der Waals surface area contributed by atoms with Gasteiger partial charge in [0.2, 0.25) is 0 Å². The van der Waals surface area contributed by atoms with Crippen molar-refractivity contribution < 1.29 is 0 Å². The predicted octanol–water partition coefficient (Wildman–Crippen LogP) is 2.33. The smallest absolute Gasteiger partial charge is 0.0756 e. The molecule has 86 valence electrons. The topological polar surface area (TPSA) is 43.8 Å². The molecule has 16 heavy (non-hydrogen) atoms. The highest BCUT2D eigenvalue weighted by Gasteiger charge is 2.21. The number of nitrogens with two attached hydrogens (primary N) is 1. The number of fused-ring (bicyclic) bond motifs is 1. The van der Waals surface area contributed by atoms with Gasteiger partial charge in [0.05, 0.1) is 11.2 Å². The summed E-state index contributed by atoms with van der Waals surface area (Å²) in [6, 6.07) is 6.34. The van der Waals surface area contributed by atoms with Gasteiger partial charge in [0.25, 0.3) is 0 Å². The summed E-state index contributed by atoms with van der Waals surface area (Å²) in [5, 5.41) is 5.84. The molecule has 2 N–H and O–H groups in total. The van der Waals surface area contributed by atoms with Crippen molar-refractivity contribution in [3.63, 3.8) is 0 Å². The highest BCUT2D eigenvalue weighted by atomic mass is 15.3. The Balaban J connectivity index is 2.72. The SMILES string of the molecule is Cn1nc(C(C)(C)C)c2ccc(CN)cc21. The molecule has 2 rings (SSSR count). The number of aryl methyl sites for hydroxylation is 1. The first kappa shape index (κ1) is 11.1. The van der Waals surface area contributed by atoms with Gasteiger partial charge in [-0.1, -0.05) is 32.9 Å². The average Bonchev–Trinajstić information content (AvgIpc) is 2.55. The van der Waals surface area contributed by atoms with E-state index in [1.54, 1.807) is 0 Å². The van der Waals surface area contributed by atoms with Gasteiger partial charge in [-0.15, -0.1) is 0 Å². The Labute approximate surface area is 96.2 Å². The molecule has 0 aliphatic carbocycles. The summed E-state index contributed by atoms with van der Waals surface area (Å²) < 4.78 is 1.94. The first-order valence-corrected chi connectivity index (χ1v) is 5.59. The molecule has 1 heterocycles. The van der Waals surface area contributed by atoms with Crippen LogP contribution in [0.1, 0.15) is 32.0 Å². The minimum atomic E-state index is 0.0732. The zero-order valence-electron chi connectivity index (χ0n) is 10.4. The van der Waals surface area contributed by atoms with Crippen LogP contribution in [0.2, 0.25) is 0 Å². The van der Waals surface area contributed by atoms with Crippen LogP contribution in [0.5, 0.6) is 0 Å². The fourth-order valence-corrected chi connectivity index (χ4v) is 1.98. The van der Waals surface area contributed by atoms with Crippen molar-refractivity contribution in [2.24, 2.45) is 12.8 Å². The van der Waals surface area contributed by atoms with Gasteiger partial charge in [0.1, 0.15) is 0 Å². The van der Waals surface area contributed by atoms with Crippen LogP contribution in [0.3, 0.4) is 0 Å². The summed E-state index contributed by atoms with van der Waals surface area (Å²) in [7, 11) is 1.98. The standard InChI is InChI=1S/C13H19N3/c1-13(2,3)12-10-6-5-9(8-14)7-11(10)16(4)15-12/h5-7H,8,14H2,1-4H3. The number of nitrogens with zero attached hydrogens (tertiary/aromatic N) is 2. The second-order valence-electron chi connectivity index (χ2n) is 5.28. The molecular formula is C13H19N3. The molecule has 0 fully saturated rings. The minimum absolute atomic E-state index is 0.0732. The molecule has 0 radical (unpaired) electrons. The van der Waals surface area contributed by atoms with E-state index < -0.39 is 0 Å². The van der Waals surface area contributed by atoms with Crippen LogP contribution in [-0.4, -0.2) is 9.78 Å². The maximum atomic E-state index is 5.65. The van der Waals surface area contributed by atoms with Crippen molar-refractivity contribution in [1.82, 2.24) is 9.78 Å². The molecule has 1 aromatic carbocycles. The summed E-state index contributed by atoms with van der Waals surface area (Å²) in [6.45, 7) is 7.13. The molecule has 0 atom stereocenters. The van der Waals surface area contributed by atoms with Gasteiger partial charge in [-0.2, -0.15) is 5.10 Å². The van der Waals surface area contributed by atoms with E-state index >= 15 is 0 Å². The van der Waals surface area contributed by atoms with Gasteiger partial charge in [0, 0.05) is 24.4 Å². The van der Waals surface area contributed by atoms with Gasteiger partial charge in [-0.05, 0) is 11.6 Å². The monoisotopic (exact) mass is 217 g/mol. The van der Waals surface area contributed by atoms with E-state index in [0.29, 0.717) is 6.54 Å². The highest BCUT2D eigenvalue weighted by Crippen LogP contribution is 2.29. The molecule has 0 saturated carbocycles. The molecule has 0 saturated heterocycles. The van der Waals surface area contributed by atoms with Crippen molar-refractivity contribution in [3.8, 4) is 0 Å². The molecular weight excluding hydrogens is 198 g/mol. The number of hydrogen-bond donors (Lipinski definition) is 1. The molecule has 0 aliphatic heterocycles. The average molecular weight is 217 g/mol. The van der Waals surface area contributed by atoms with E-state index in [1.165, 1.54) is 5.39 Å². The van der Waals surface area contributed by atoms with Crippen LogP contribution < -0.4 is 5.73 Å². The lowest BCUT2D eigenvalue weighted by Crippen LogP contribution is -2.12. The summed E-state index contributed by atoms with van der Waals surface area (Å²) in [5.41, 5.74) is 9.18. The van der Waals surface area contributed by atoms with E-state index in [4.69, 9.17) is 5.73 Å². The Morgan fingerprint density at radius 1 is 1.31 bits per heavy atom. The van der Waals surface area contributed by atoms with Crippen molar-refractivity contribution in [2.75, 3.05) is 0 Å². The molecule has 0 spiro atoms. The molecule has 0 amide bonds. The quantitative estimate of drug-likeness (QED) is 0.796. The van der Waals surface area contributed by atoms with Gasteiger partial charge in [-0.25, -0.2) is 0 Å². The van der Waals surface area contributed by atoms with Gasteiger partial charge in [-0.3, -0.25) is 4.68 Å². The van der Waals surface area contributed by atoms with E-state index in [-0.39, 0.29) is 5.41 Å². The largest absolute Gasteiger partial charge is 0.326 e. The molecule has 3 nitrogen and oxygen atoms in total. The van der Waals surface area contributed by atoms with E-state index in [0.717, 1.165) is 16.8 Å². The fraction of sp³-hybridized carbons (Fsp3) is 0.462. The zero-order valence-corrected chi connectivity index (χ0v) is 10.4. The van der Waals surface area contributed by atoms with Crippen LogP contribution in [0.25, 0.3) is 10.9 Å². The van der Waals surface area contributed by atoms with Crippen molar-refractivity contribution >= 4 is 10.9 Å². The van der Waals surface area contributed by atoms with Gasteiger partial charge >= 0.3 is 0 Å². The van der Waals surface area contributed by atoms with Crippen LogP contribution in [0.4, 0.5) is 0 Å².